The minimum atomic E-state index is -0.649. The molecule has 1 atom stereocenters. The number of hydrogen-bond acceptors (Lipinski definition) is 5. The number of nitrogens with one attached hydrogen (secondary N) is 1. The number of hydrogen-bond donors (Lipinski definition) is 2. The van der Waals surface area contributed by atoms with Crippen LogP contribution in [0.5, 0.6) is 5.75 Å². The van der Waals surface area contributed by atoms with Crippen LogP contribution in [0.4, 0.5) is 4.39 Å². The molecule has 0 radical (unpaired) electrons. The number of carbonyl (C=O) groups is 2. The van der Waals surface area contributed by atoms with Crippen molar-refractivity contribution in [3.63, 3.8) is 0 Å². The van der Waals surface area contributed by atoms with Crippen molar-refractivity contribution in [1.82, 2.24) is 5.32 Å². The van der Waals surface area contributed by atoms with E-state index >= 15 is 0 Å². The zero-order valence-electron chi connectivity index (χ0n) is 16.5. The third-order valence-electron chi connectivity index (χ3n) is 4.56. The fraction of sp³-hybridized carbons (Fsp3) is 0.174. The van der Waals surface area contributed by atoms with Crippen LogP contribution in [0.25, 0.3) is 0 Å². The molecule has 3 rings (SSSR count). The number of ether oxygens (including phenoxy) is 1. The molecule has 0 fully saturated rings. The number of benzene rings is 2. The molecule has 7 nitrogen and oxygen atoms in total. The van der Waals surface area contributed by atoms with E-state index in [2.05, 4.69) is 5.32 Å². The number of nitrogens with two attached hydrogens (primary N) is 1. The first-order valence-corrected chi connectivity index (χ1v) is 9.48. The van der Waals surface area contributed by atoms with Gasteiger partial charge in [0.1, 0.15) is 23.9 Å². The summed E-state index contributed by atoms with van der Waals surface area (Å²) in [6.07, 6.45) is 0.276. The van der Waals surface area contributed by atoms with Gasteiger partial charge in [0.25, 0.3) is 5.91 Å². The molecule has 0 bridgehead atoms. The lowest BCUT2D eigenvalue weighted by molar-refractivity contribution is -0.121. The van der Waals surface area contributed by atoms with E-state index in [1.54, 1.807) is 42.5 Å². The van der Waals surface area contributed by atoms with Crippen LogP contribution >= 0.6 is 0 Å². The Hall–Kier alpha value is -4.12. The minimum absolute atomic E-state index is 0.0172. The van der Waals surface area contributed by atoms with Crippen LogP contribution < -0.4 is 15.8 Å². The summed E-state index contributed by atoms with van der Waals surface area (Å²) < 4.78 is 24.1. The van der Waals surface area contributed by atoms with Gasteiger partial charge in [-0.05, 0) is 60.5 Å². The van der Waals surface area contributed by atoms with Gasteiger partial charge in [0, 0.05) is 6.54 Å². The number of carbonyl (C=O) groups excluding carboxylic acids is 2. The Morgan fingerprint density at radius 2 is 1.81 bits per heavy atom. The topological polar surface area (TPSA) is 118 Å². The standard InChI is InChI=1S/C23H20FN3O4/c24-18-5-1-15(2-6-18)11-17(22(26)28)13-27-23(29)21-10-9-20(31-21)14-30-19-7-3-16(12-25)4-8-19/h1-10,17H,11,13-14H2,(H2,26,28)(H,27,29). The Labute approximate surface area is 178 Å². The van der Waals surface area contributed by atoms with E-state index in [1.807, 2.05) is 6.07 Å². The van der Waals surface area contributed by atoms with E-state index in [0.29, 0.717) is 17.1 Å². The van der Waals surface area contributed by atoms with Crippen LogP contribution in [0, 0.1) is 23.1 Å². The Morgan fingerprint density at radius 3 is 2.45 bits per heavy atom. The second kappa shape index (κ2) is 10.1. The van der Waals surface area contributed by atoms with Crippen LogP contribution in [0.15, 0.2) is 65.1 Å². The molecule has 0 spiro atoms. The summed E-state index contributed by atoms with van der Waals surface area (Å²) in [7, 11) is 0. The normalized spacial score (nSPS) is 11.4. The van der Waals surface area contributed by atoms with Gasteiger partial charge in [-0.25, -0.2) is 4.39 Å². The van der Waals surface area contributed by atoms with Gasteiger partial charge in [0.2, 0.25) is 5.91 Å². The molecule has 158 valence electrons. The van der Waals surface area contributed by atoms with Crippen molar-refractivity contribution < 1.29 is 23.1 Å². The molecule has 1 unspecified atom stereocenters. The van der Waals surface area contributed by atoms with Crippen LogP contribution in [0.2, 0.25) is 0 Å². The average Bonchev–Trinajstić information content (AvgIpc) is 3.25. The van der Waals surface area contributed by atoms with Crippen molar-refractivity contribution >= 4 is 11.8 Å². The van der Waals surface area contributed by atoms with Gasteiger partial charge in [0.15, 0.2) is 5.76 Å². The Kier molecular flexibility index (Phi) is 7.01. The Balaban J connectivity index is 1.52. The van der Waals surface area contributed by atoms with Crippen molar-refractivity contribution in [2.75, 3.05) is 6.54 Å². The number of furan rings is 1. The van der Waals surface area contributed by atoms with Crippen LogP contribution in [0.1, 0.15) is 27.4 Å². The van der Waals surface area contributed by atoms with E-state index in [1.165, 1.54) is 18.2 Å². The summed E-state index contributed by atoms with van der Waals surface area (Å²) in [6.45, 7) is 0.122. The predicted octanol–water partition coefficient (Wildman–Crippen LogP) is 2.94. The first kappa shape index (κ1) is 21.6. The average molecular weight is 421 g/mol. The van der Waals surface area contributed by atoms with Crippen LogP contribution in [-0.2, 0) is 17.8 Å². The molecule has 3 N–H and O–H groups in total. The molecule has 2 aromatic carbocycles. The SMILES string of the molecule is N#Cc1ccc(OCc2ccc(C(=O)NCC(Cc3ccc(F)cc3)C(N)=O)o2)cc1. The van der Waals surface area contributed by atoms with Gasteiger partial charge < -0.3 is 20.2 Å². The molecule has 2 amide bonds. The van der Waals surface area contributed by atoms with Gasteiger partial charge in [-0.15, -0.1) is 0 Å². The molecule has 1 aromatic heterocycles. The first-order valence-electron chi connectivity index (χ1n) is 9.48. The van der Waals surface area contributed by atoms with E-state index in [4.69, 9.17) is 20.1 Å². The van der Waals surface area contributed by atoms with E-state index in [-0.39, 0.29) is 31.1 Å². The van der Waals surface area contributed by atoms with Crippen LogP contribution in [0.3, 0.4) is 0 Å². The lowest BCUT2D eigenvalue weighted by Gasteiger charge is -2.14. The molecule has 8 heteroatoms. The molecule has 0 saturated carbocycles. The van der Waals surface area contributed by atoms with Crippen molar-refractivity contribution in [1.29, 1.82) is 5.26 Å². The summed E-state index contributed by atoms with van der Waals surface area (Å²) in [6, 6.07) is 17.5. The fourth-order valence-electron chi connectivity index (χ4n) is 2.84. The van der Waals surface area contributed by atoms with E-state index < -0.39 is 17.7 Å². The monoisotopic (exact) mass is 421 g/mol. The van der Waals surface area contributed by atoms with Crippen molar-refractivity contribution in [3.8, 4) is 11.8 Å². The van der Waals surface area contributed by atoms with Gasteiger partial charge in [0.05, 0.1) is 17.6 Å². The molecule has 31 heavy (non-hydrogen) atoms. The second-order valence-corrected chi connectivity index (χ2v) is 6.83. The lowest BCUT2D eigenvalue weighted by atomic mass is 9.98. The number of rotatable bonds is 9. The quantitative estimate of drug-likeness (QED) is 0.551. The summed E-state index contributed by atoms with van der Waals surface area (Å²) in [4.78, 5) is 24.1. The number of primary amides is 1. The highest BCUT2D eigenvalue weighted by molar-refractivity contribution is 5.91. The highest BCUT2D eigenvalue weighted by Crippen LogP contribution is 2.16. The second-order valence-electron chi connectivity index (χ2n) is 6.83. The summed E-state index contributed by atoms with van der Waals surface area (Å²) in [5.74, 6) is -1.01. The Morgan fingerprint density at radius 1 is 1.10 bits per heavy atom. The number of nitriles is 1. The van der Waals surface area contributed by atoms with E-state index in [9.17, 15) is 14.0 Å². The highest BCUT2D eigenvalue weighted by Gasteiger charge is 2.19. The lowest BCUT2D eigenvalue weighted by Crippen LogP contribution is -2.37. The summed E-state index contributed by atoms with van der Waals surface area (Å²) >= 11 is 0. The first-order chi connectivity index (χ1) is 14.9. The summed E-state index contributed by atoms with van der Waals surface area (Å²) in [5.41, 5.74) is 6.70. The highest BCUT2D eigenvalue weighted by atomic mass is 19.1. The molecule has 0 aliphatic heterocycles. The molecular weight excluding hydrogens is 401 g/mol. The predicted molar refractivity (Wildman–Crippen MR) is 109 cm³/mol. The van der Waals surface area contributed by atoms with Gasteiger partial charge >= 0.3 is 0 Å². The molecule has 0 aliphatic rings. The van der Waals surface area contributed by atoms with Gasteiger partial charge in [-0.3, -0.25) is 9.59 Å². The number of halogens is 1. The maximum absolute atomic E-state index is 13.0. The zero-order chi connectivity index (χ0) is 22.2. The Bertz CT molecular complexity index is 1090. The fourth-order valence-corrected chi connectivity index (χ4v) is 2.84. The third kappa shape index (κ3) is 6.18. The number of amides is 2. The smallest absolute Gasteiger partial charge is 0.287 e. The minimum Gasteiger partial charge on any atom is -0.486 e. The molecule has 0 saturated heterocycles. The van der Waals surface area contributed by atoms with Gasteiger partial charge in [-0.1, -0.05) is 12.1 Å². The third-order valence-corrected chi connectivity index (χ3v) is 4.56. The van der Waals surface area contributed by atoms with Gasteiger partial charge in [-0.2, -0.15) is 5.26 Å². The number of nitrogens with zero attached hydrogens (tertiary/aromatic N) is 1. The van der Waals surface area contributed by atoms with Crippen LogP contribution in [-0.4, -0.2) is 18.4 Å². The van der Waals surface area contributed by atoms with Crippen molar-refractivity contribution in [2.45, 2.75) is 13.0 Å². The molecule has 1 heterocycles. The molecular formula is C23H20FN3O4. The van der Waals surface area contributed by atoms with Crippen molar-refractivity contribution in [3.05, 3.63) is 89.1 Å². The zero-order valence-corrected chi connectivity index (χ0v) is 16.5. The molecule has 0 aliphatic carbocycles. The maximum atomic E-state index is 13.0. The maximum Gasteiger partial charge on any atom is 0.287 e. The summed E-state index contributed by atoms with van der Waals surface area (Å²) in [5, 5.41) is 11.4. The van der Waals surface area contributed by atoms with E-state index in [0.717, 1.165) is 5.56 Å². The molecule has 3 aromatic rings. The van der Waals surface area contributed by atoms with Crippen molar-refractivity contribution in [2.24, 2.45) is 11.7 Å². The largest absolute Gasteiger partial charge is 0.486 e.